The van der Waals surface area contributed by atoms with Gasteiger partial charge in [-0.2, -0.15) is 0 Å². The second kappa shape index (κ2) is 6.93. The summed E-state index contributed by atoms with van der Waals surface area (Å²) in [5.41, 5.74) is 1.31. The van der Waals surface area contributed by atoms with E-state index in [0.717, 1.165) is 50.0 Å². The van der Waals surface area contributed by atoms with E-state index in [1.807, 2.05) is 6.07 Å². The van der Waals surface area contributed by atoms with Crippen LogP contribution >= 0.6 is 15.9 Å². The molecule has 0 aliphatic carbocycles. The molecule has 21 heavy (non-hydrogen) atoms. The van der Waals surface area contributed by atoms with Gasteiger partial charge in [-0.15, -0.1) is 0 Å². The number of hydrogen-bond donors (Lipinski definition) is 0. The standard InChI is InChI=1S/C17H23BrN2O/c18-16-8-2-1-6-14(16)12-19-9-5-7-15(13-19)17(21)20-10-3-4-11-20/h1-2,6,8,15H,3-5,7,9-13H2/t15-/m0/s1. The fourth-order valence-electron chi connectivity index (χ4n) is 3.46. The molecule has 0 bridgehead atoms. The lowest BCUT2D eigenvalue weighted by molar-refractivity contribution is -0.136. The van der Waals surface area contributed by atoms with Crippen molar-refractivity contribution < 1.29 is 4.79 Å². The van der Waals surface area contributed by atoms with Gasteiger partial charge in [0.25, 0.3) is 0 Å². The number of amides is 1. The van der Waals surface area contributed by atoms with Gasteiger partial charge in [-0.1, -0.05) is 34.1 Å². The molecule has 1 aromatic rings. The fourth-order valence-corrected chi connectivity index (χ4v) is 3.87. The summed E-state index contributed by atoms with van der Waals surface area (Å²) in [6, 6.07) is 8.38. The molecule has 1 aromatic carbocycles. The molecule has 1 amide bonds. The molecule has 2 saturated heterocycles. The van der Waals surface area contributed by atoms with E-state index in [2.05, 4.69) is 43.9 Å². The van der Waals surface area contributed by atoms with Gasteiger partial charge in [0, 0.05) is 30.7 Å². The Labute approximate surface area is 135 Å². The maximum Gasteiger partial charge on any atom is 0.226 e. The summed E-state index contributed by atoms with van der Waals surface area (Å²) in [7, 11) is 0. The van der Waals surface area contributed by atoms with E-state index in [0.29, 0.717) is 5.91 Å². The van der Waals surface area contributed by atoms with E-state index < -0.39 is 0 Å². The second-order valence-corrected chi connectivity index (χ2v) is 7.05. The summed E-state index contributed by atoms with van der Waals surface area (Å²) in [5, 5.41) is 0. The van der Waals surface area contributed by atoms with E-state index in [4.69, 9.17) is 0 Å². The van der Waals surface area contributed by atoms with Crippen molar-refractivity contribution in [2.45, 2.75) is 32.2 Å². The maximum atomic E-state index is 12.6. The van der Waals surface area contributed by atoms with Crippen LogP contribution in [0.3, 0.4) is 0 Å². The smallest absolute Gasteiger partial charge is 0.226 e. The Morgan fingerprint density at radius 1 is 1.14 bits per heavy atom. The van der Waals surface area contributed by atoms with Gasteiger partial charge in [-0.3, -0.25) is 9.69 Å². The normalized spacial score (nSPS) is 23.5. The third-order valence-electron chi connectivity index (χ3n) is 4.62. The Bertz CT molecular complexity index is 499. The average molecular weight is 351 g/mol. The highest BCUT2D eigenvalue weighted by molar-refractivity contribution is 9.10. The highest BCUT2D eigenvalue weighted by atomic mass is 79.9. The summed E-state index contributed by atoms with van der Waals surface area (Å²) < 4.78 is 1.16. The minimum Gasteiger partial charge on any atom is -0.342 e. The van der Waals surface area contributed by atoms with Crippen LogP contribution in [0.4, 0.5) is 0 Å². The molecule has 0 unspecified atom stereocenters. The molecule has 4 heteroatoms. The highest BCUT2D eigenvalue weighted by Gasteiger charge is 2.30. The Morgan fingerprint density at radius 2 is 1.90 bits per heavy atom. The first-order valence-corrected chi connectivity index (χ1v) is 8.78. The predicted octanol–water partition coefficient (Wildman–Crippen LogP) is 3.28. The van der Waals surface area contributed by atoms with Crippen LogP contribution in [0.5, 0.6) is 0 Å². The van der Waals surface area contributed by atoms with Gasteiger partial charge < -0.3 is 4.90 Å². The summed E-state index contributed by atoms with van der Waals surface area (Å²) in [5.74, 6) is 0.601. The van der Waals surface area contributed by atoms with Crippen LogP contribution < -0.4 is 0 Å². The first-order chi connectivity index (χ1) is 10.2. The number of likely N-dealkylation sites (tertiary alicyclic amines) is 2. The van der Waals surface area contributed by atoms with E-state index in [1.165, 1.54) is 18.4 Å². The van der Waals surface area contributed by atoms with Crippen LogP contribution in [0.15, 0.2) is 28.7 Å². The zero-order valence-corrected chi connectivity index (χ0v) is 14.0. The van der Waals surface area contributed by atoms with Crippen molar-refractivity contribution in [3.05, 3.63) is 34.3 Å². The molecule has 2 aliphatic heterocycles. The van der Waals surface area contributed by atoms with Gasteiger partial charge in [-0.25, -0.2) is 0 Å². The molecular formula is C17H23BrN2O. The minimum atomic E-state index is 0.208. The first-order valence-electron chi connectivity index (χ1n) is 7.98. The molecule has 3 nitrogen and oxygen atoms in total. The lowest BCUT2D eigenvalue weighted by Crippen LogP contribution is -2.43. The number of nitrogens with zero attached hydrogens (tertiary/aromatic N) is 2. The van der Waals surface area contributed by atoms with Crippen molar-refractivity contribution in [1.82, 2.24) is 9.80 Å². The van der Waals surface area contributed by atoms with Crippen molar-refractivity contribution in [3.8, 4) is 0 Å². The van der Waals surface area contributed by atoms with Crippen LogP contribution in [0.2, 0.25) is 0 Å². The Hall–Kier alpha value is -0.870. The zero-order valence-electron chi connectivity index (χ0n) is 12.4. The molecule has 1 atom stereocenters. The third kappa shape index (κ3) is 3.67. The number of benzene rings is 1. The number of piperidine rings is 1. The minimum absolute atomic E-state index is 0.208. The predicted molar refractivity (Wildman–Crippen MR) is 88.0 cm³/mol. The van der Waals surface area contributed by atoms with Crippen molar-refractivity contribution in [2.24, 2.45) is 5.92 Å². The molecule has 2 fully saturated rings. The number of carbonyl (C=O) groups is 1. The Morgan fingerprint density at radius 3 is 2.67 bits per heavy atom. The van der Waals surface area contributed by atoms with Crippen molar-refractivity contribution >= 4 is 21.8 Å². The van der Waals surface area contributed by atoms with Gasteiger partial charge in [0.2, 0.25) is 5.91 Å². The lowest BCUT2D eigenvalue weighted by atomic mass is 9.96. The summed E-state index contributed by atoms with van der Waals surface area (Å²) in [6.07, 6.45) is 4.55. The average Bonchev–Trinajstić information content (AvgIpc) is 3.03. The van der Waals surface area contributed by atoms with E-state index >= 15 is 0 Å². The number of rotatable bonds is 3. The zero-order chi connectivity index (χ0) is 14.7. The Kier molecular flexibility index (Phi) is 4.96. The number of hydrogen-bond acceptors (Lipinski definition) is 2. The molecular weight excluding hydrogens is 328 g/mol. The van der Waals surface area contributed by atoms with Gasteiger partial charge >= 0.3 is 0 Å². The second-order valence-electron chi connectivity index (χ2n) is 6.20. The van der Waals surface area contributed by atoms with Gasteiger partial charge in [-0.05, 0) is 43.9 Å². The molecule has 0 saturated carbocycles. The van der Waals surface area contributed by atoms with E-state index in [9.17, 15) is 4.79 Å². The van der Waals surface area contributed by atoms with Crippen LogP contribution in [0.25, 0.3) is 0 Å². The lowest BCUT2D eigenvalue weighted by Gasteiger charge is -2.34. The van der Waals surface area contributed by atoms with Crippen molar-refractivity contribution in [3.63, 3.8) is 0 Å². The third-order valence-corrected chi connectivity index (χ3v) is 5.40. The molecule has 2 heterocycles. The monoisotopic (exact) mass is 350 g/mol. The van der Waals surface area contributed by atoms with E-state index in [1.54, 1.807) is 0 Å². The van der Waals surface area contributed by atoms with Gasteiger partial charge in [0.15, 0.2) is 0 Å². The van der Waals surface area contributed by atoms with Crippen LogP contribution in [0.1, 0.15) is 31.2 Å². The molecule has 0 aromatic heterocycles. The SMILES string of the molecule is O=C([C@H]1CCCN(Cc2ccccc2Br)C1)N1CCCC1. The summed E-state index contributed by atoms with van der Waals surface area (Å²) >= 11 is 3.62. The summed E-state index contributed by atoms with van der Waals surface area (Å²) in [4.78, 5) is 17.1. The van der Waals surface area contributed by atoms with Crippen LogP contribution in [0, 0.1) is 5.92 Å². The maximum absolute atomic E-state index is 12.6. The van der Waals surface area contributed by atoms with Crippen molar-refractivity contribution in [1.29, 1.82) is 0 Å². The van der Waals surface area contributed by atoms with Crippen molar-refractivity contribution in [2.75, 3.05) is 26.2 Å². The topological polar surface area (TPSA) is 23.6 Å². The molecule has 3 rings (SSSR count). The molecule has 0 N–H and O–H groups in total. The highest BCUT2D eigenvalue weighted by Crippen LogP contribution is 2.24. The van der Waals surface area contributed by atoms with E-state index in [-0.39, 0.29) is 5.92 Å². The molecule has 114 valence electrons. The first kappa shape index (κ1) is 15.0. The van der Waals surface area contributed by atoms with Gasteiger partial charge in [0.1, 0.15) is 0 Å². The number of carbonyl (C=O) groups excluding carboxylic acids is 1. The number of halogens is 1. The Balaban J connectivity index is 1.60. The summed E-state index contributed by atoms with van der Waals surface area (Å²) in [6.45, 7) is 4.89. The fraction of sp³-hybridized carbons (Fsp3) is 0.588. The molecule has 0 spiro atoms. The van der Waals surface area contributed by atoms with Gasteiger partial charge in [0.05, 0.1) is 5.92 Å². The van der Waals surface area contributed by atoms with Crippen LogP contribution in [-0.2, 0) is 11.3 Å². The molecule has 0 radical (unpaired) electrons. The quantitative estimate of drug-likeness (QED) is 0.834. The van der Waals surface area contributed by atoms with Crippen LogP contribution in [-0.4, -0.2) is 41.9 Å². The molecule has 2 aliphatic rings. The largest absolute Gasteiger partial charge is 0.342 e.